The van der Waals surface area contributed by atoms with E-state index in [1.54, 1.807) is 30.1 Å². The van der Waals surface area contributed by atoms with Crippen molar-refractivity contribution in [1.82, 2.24) is 14.5 Å². The second-order valence-electron chi connectivity index (χ2n) is 6.07. The highest BCUT2D eigenvalue weighted by Crippen LogP contribution is 2.30. The SMILES string of the molecule is COc1ccc(CNS(=O)(=O)c2cn(C(C)C)nc2-c2cccs2)cc1. The van der Waals surface area contributed by atoms with Gasteiger partial charge in [-0.2, -0.15) is 5.10 Å². The molecule has 0 aliphatic carbocycles. The minimum Gasteiger partial charge on any atom is -0.497 e. The molecule has 3 rings (SSSR count). The second-order valence-corrected chi connectivity index (χ2v) is 8.75. The Morgan fingerprint density at radius 3 is 2.54 bits per heavy atom. The van der Waals surface area contributed by atoms with E-state index in [2.05, 4.69) is 9.82 Å². The lowest BCUT2D eigenvalue weighted by Crippen LogP contribution is -2.23. The standard InChI is InChI=1S/C18H21N3O3S2/c1-13(2)21-12-17(18(20-21)16-5-4-10-25-16)26(22,23)19-11-14-6-8-15(24-3)9-7-14/h4-10,12-13,19H,11H2,1-3H3. The van der Waals surface area contributed by atoms with E-state index in [0.29, 0.717) is 5.69 Å². The Morgan fingerprint density at radius 2 is 1.96 bits per heavy atom. The number of sulfonamides is 1. The molecule has 8 heteroatoms. The number of rotatable bonds is 7. The zero-order chi connectivity index (χ0) is 18.7. The molecule has 0 fully saturated rings. The quantitative estimate of drug-likeness (QED) is 0.667. The van der Waals surface area contributed by atoms with Crippen molar-refractivity contribution in [3.8, 4) is 16.3 Å². The van der Waals surface area contributed by atoms with E-state index in [1.165, 1.54) is 11.3 Å². The molecule has 26 heavy (non-hydrogen) atoms. The highest BCUT2D eigenvalue weighted by atomic mass is 32.2. The molecule has 0 aliphatic heterocycles. The predicted molar refractivity (Wildman–Crippen MR) is 103 cm³/mol. The smallest absolute Gasteiger partial charge is 0.244 e. The van der Waals surface area contributed by atoms with Crippen molar-refractivity contribution < 1.29 is 13.2 Å². The number of nitrogens with zero attached hydrogens (tertiary/aromatic N) is 2. The molecular formula is C18H21N3O3S2. The van der Waals surface area contributed by atoms with Gasteiger partial charge in [0.15, 0.2) is 0 Å². The van der Waals surface area contributed by atoms with E-state index >= 15 is 0 Å². The Kier molecular flexibility index (Phi) is 5.45. The molecule has 3 aromatic rings. The molecule has 1 aromatic carbocycles. The summed E-state index contributed by atoms with van der Waals surface area (Å²) in [6.45, 7) is 4.13. The van der Waals surface area contributed by atoms with Gasteiger partial charge in [0.1, 0.15) is 16.3 Å². The zero-order valence-electron chi connectivity index (χ0n) is 14.8. The van der Waals surface area contributed by atoms with Crippen LogP contribution >= 0.6 is 11.3 Å². The fourth-order valence-electron chi connectivity index (χ4n) is 2.42. The Bertz CT molecular complexity index is 960. The molecule has 0 amide bonds. The lowest BCUT2D eigenvalue weighted by molar-refractivity contribution is 0.414. The highest BCUT2D eigenvalue weighted by Gasteiger charge is 2.24. The predicted octanol–water partition coefficient (Wildman–Crippen LogP) is 3.68. The Morgan fingerprint density at radius 1 is 1.23 bits per heavy atom. The van der Waals surface area contributed by atoms with E-state index in [9.17, 15) is 8.42 Å². The van der Waals surface area contributed by atoms with Crippen LogP contribution in [0, 0.1) is 0 Å². The molecule has 2 heterocycles. The first-order valence-corrected chi connectivity index (χ1v) is 10.5. The van der Waals surface area contributed by atoms with Gasteiger partial charge in [0, 0.05) is 18.8 Å². The van der Waals surface area contributed by atoms with Crippen LogP contribution in [-0.4, -0.2) is 25.3 Å². The fraction of sp³-hybridized carbons (Fsp3) is 0.278. The van der Waals surface area contributed by atoms with Crippen molar-refractivity contribution in [3.63, 3.8) is 0 Å². The average molecular weight is 392 g/mol. The summed E-state index contributed by atoms with van der Waals surface area (Å²) in [5, 5.41) is 6.40. The minimum absolute atomic E-state index is 0.0688. The molecule has 1 N–H and O–H groups in total. The molecule has 0 bridgehead atoms. The summed E-state index contributed by atoms with van der Waals surface area (Å²) in [6, 6.07) is 11.1. The Balaban J connectivity index is 1.88. The van der Waals surface area contributed by atoms with Gasteiger partial charge >= 0.3 is 0 Å². The third-order valence-electron chi connectivity index (χ3n) is 3.90. The maximum Gasteiger partial charge on any atom is 0.244 e. The van der Waals surface area contributed by atoms with Crippen LogP contribution in [0.4, 0.5) is 0 Å². The van der Waals surface area contributed by atoms with E-state index in [4.69, 9.17) is 4.74 Å². The molecule has 0 saturated heterocycles. The number of nitrogens with one attached hydrogen (secondary N) is 1. The summed E-state index contributed by atoms with van der Waals surface area (Å²) in [4.78, 5) is 1.02. The van der Waals surface area contributed by atoms with Crippen LogP contribution in [0.15, 0.2) is 52.9 Å². The topological polar surface area (TPSA) is 73.2 Å². The van der Waals surface area contributed by atoms with Crippen molar-refractivity contribution in [2.75, 3.05) is 7.11 Å². The van der Waals surface area contributed by atoms with Gasteiger partial charge in [-0.15, -0.1) is 11.3 Å². The number of hydrogen-bond donors (Lipinski definition) is 1. The van der Waals surface area contributed by atoms with Crippen LogP contribution in [0.5, 0.6) is 5.75 Å². The van der Waals surface area contributed by atoms with Crippen molar-refractivity contribution in [2.24, 2.45) is 0 Å². The van der Waals surface area contributed by atoms with Gasteiger partial charge in [0.2, 0.25) is 10.0 Å². The number of methoxy groups -OCH3 is 1. The van der Waals surface area contributed by atoms with Crippen LogP contribution in [-0.2, 0) is 16.6 Å². The number of hydrogen-bond acceptors (Lipinski definition) is 5. The van der Waals surface area contributed by atoms with Gasteiger partial charge in [-0.25, -0.2) is 13.1 Å². The molecule has 0 atom stereocenters. The third kappa shape index (κ3) is 3.98. The van der Waals surface area contributed by atoms with E-state index in [0.717, 1.165) is 16.2 Å². The molecular weight excluding hydrogens is 370 g/mol. The minimum atomic E-state index is -3.70. The lowest BCUT2D eigenvalue weighted by Gasteiger charge is -2.07. The zero-order valence-corrected chi connectivity index (χ0v) is 16.5. The lowest BCUT2D eigenvalue weighted by atomic mass is 10.2. The fourth-order valence-corrected chi connectivity index (χ4v) is 4.37. The van der Waals surface area contributed by atoms with Crippen LogP contribution in [0.1, 0.15) is 25.5 Å². The van der Waals surface area contributed by atoms with E-state index in [1.807, 2.05) is 43.5 Å². The molecule has 0 aliphatic rings. The number of benzene rings is 1. The van der Waals surface area contributed by atoms with Gasteiger partial charge in [-0.1, -0.05) is 18.2 Å². The number of aromatic nitrogens is 2. The first-order valence-electron chi connectivity index (χ1n) is 8.16. The number of ether oxygens (including phenoxy) is 1. The molecule has 0 radical (unpaired) electrons. The second kappa shape index (κ2) is 7.61. The number of thiophene rings is 1. The average Bonchev–Trinajstić information content (AvgIpc) is 3.29. The van der Waals surface area contributed by atoms with Gasteiger partial charge in [0.25, 0.3) is 0 Å². The van der Waals surface area contributed by atoms with Crippen molar-refractivity contribution >= 4 is 21.4 Å². The monoisotopic (exact) mass is 391 g/mol. The first kappa shape index (κ1) is 18.6. The maximum absolute atomic E-state index is 12.9. The van der Waals surface area contributed by atoms with Gasteiger partial charge in [-0.3, -0.25) is 4.68 Å². The molecule has 0 spiro atoms. The van der Waals surface area contributed by atoms with Crippen molar-refractivity contribution in [1.29, 1.82) is 0 Å². The van der Waals surface area contributed by atoms with Crippen LogP contribution in [0.25, 0.3) is 10.6 Å². The van der Waals surface area contributed by atoms with Crippen LogP contribution in [0.3, 0.4) is 0 Å². The first-order chi connectivity index (χ1) is 12.4. The highest BCUT2D eigenvalue weighted by molar-refractivity contribution is 7.89. The summed E-state index contributed by atoms with van der Waals surface area (Å²) >= 11 is 1.47. The normalized spacial score (nSPS) is 11.8. The van der Waals surface area contributed by atoms with Crippen LogP contribution < -0.4 is 9.46 Å². The summed E-state index contributed by atoms with van der Waals surface area (Å²) in [5.74, 6) is 0.731. The van der Waals surface area contributed by atoms with Gasteiger partial charge in [-0.05, 0) is 43.0 Å². The molecule has 6 nitrogen and oxygen atoms in total. The Labute approximate surface area is 157 Å². The maximum atomic E-state index is 12.9. The van der Waals surface area contributed by atoms with Gasteiger partial charge in [0.05, 0.1) is 12.0 Å². The molecule has 138 valence electrons. The molecule has 2 aromatic heterocycles. The molecule has 0 saturated carbocycles. The van der Waals surface area contributed by atoms with Crippen molar-refractivity contribution in [2.45, 2.75) is 31.3 Å². The summed E-state index contributed by atoms with van der Waals surface area (Å²) in [5.41, 5.74) is 1.33. The largest absolute Gasteiger partial charge is 0.497 e. The third-order valence-corrected chi connectivity index (χ3v) is 6.18. The Hall–Kier alpha value is -2.16. The van der Waals surface area contributed by atoms with Crippen molar-refractivity contribution in [3.05, 3.63) is 53.5 Å². The van der Waals surface area contributed by atoms with Crippen LogP contribution in [0.2, 0.25) is 0 Å². The summed E-state index contributed by atoms with van der Waals surface area (Å²) in [6.07, 6.45) is 1.59. The summed E-state index contributed by atoms with van der Waals surface area (Å²) < 4.78 is 35.3. The summed E-state index contributed by atoms with van der Waals surface area (Å²) in [7, 11) is -2.11. The molecule has 0 unspecified atom stereocenters. The van der Waals surface area contributed by atoms with Gasteiger partial charge < -0.3 is 4.74 Å². The van der Waals surface area contributed by atoms with E-state index in [-0.39, 0.29) is 17.5 Å². The van der Waals surface area contributed by atoms with E-state index < -0.39 is 10.0 Å².